The highest BCUT2D eigenvalue weighted by Gasteiger charge is 2.32. The van der Waals surface area contributed by atoms with E-state index in [1.165, 1.54) is 12.1 Å². The van der Waals surface area contributed by atoms with Crippen molar-refractivity contribution >= 4 is 65.4 Å². The fourth-order valence-electron chi connectivity index (χ4n) is 12.0. The molecule has 11 aromatic carbocycles. The van der Waals surface area contributed by atoms with E-state index >= 15 is 0 Å². The Bertz CT molecular complexity index is 4550. The molecule has 0 saturated carbocycles. The van der Waals surface area contributed by atoms with Gasteiger partial charge in [0.25, 0.3) is 0 Å². The summed E-state index contributed by atoms with van der Waals surface area (Å²) >= 11 is 0. The van der Waals surface area contributed by atoms with Crippen molar-refractivity contribution < 1.29 is 13.2 Å². The second-order valence-electron chi connectivity index (χ2n) is 20.0. The molecule has 0 bridgehead atoms. The monoisotopic (exact) mass is 1020 g/mol. The Morgan fingerprint density at radius 2 is 0.646 bits per heavy atom. The van der Waals surface area contributed by atoms with Crippen molar-refractivity contribution in [3.8, 4) is 73.2 Å². The van der Waals surface area contributed by atoms with Crippen LogP contribution in [0.4, 0.5) is 13.2 Å². The first-order chi connectivity index (χ1) is 38.9. The van der Waals surface area contributed by atoms with Crippen molar-refractivity contribution in [1.29, 1.82) is 0 Å². The molecule has 0 aliphatic rings. The highest BCUT2D eigenvalue weighted by Crippen LogP contribution is 2.49. The van der Waals surface area contributed by atoms with Crippen molar-refractivity contribution in [2.75, 3.05) is 0 Å². The Labute approximate surface area is 452 Å². The Kier molecular flexibility index (Phi) is 10.6. The van der Waals surface area contributed by atoms with Crippen LogP contribution in [0, 0.1) is 0 Å². The number of para-hydroxylation sites is 7. The quantitative estimate of drug-likeness (QED) is 0.152. The maximum absolute atomic E-state index is 14.9. The number of hydrogen-bond donors (Lipinski definition) is 0. The smallest absolute Gasteiger partial charge is 0.309 e. The molecule has 0 atom stereocenters. The third-order valence-electron chi connectivity index (χ3n) is 15.5. The lowest BCUT2D eigenvalue weighted by atomic mass is 9.90. The second-order valence-corrected chi connectivity index (χ2v) is 20.0. The summed E-state index contributed by atoms with van der Waals surface area (Å²) in [6.45, 7) is 0. The molecular formula is C71H44F3N5. The maximum Gasteiger partial charge on any atom is 0.416 e. The third-order valence-corrected chi connectivity index (χ3v) is 15.5. The van der Waals surface area contributed by atoms with E-state index in [-0.39, 0.29) is 0 Å². The van der Waals surface area contributed by atoms with Gasteiger partial charge in [-0.25, -0.2) is 9.97 Å². The van der Waals surface area contributed by atoms with Crippen molar-refractivity contribution in [2.45, 2.75) is 6.18 Å². The van der Waals surface area contributed by atoms with Crippen LogP contribution in [0.2, 0.25) is 0 Å². The number of alkyl halides is 3. The van der Waals surface area contributed by atoms with Gasteiger partial charge in [0.05, 0.1) is 67.1 Å². The molecule has 0 aliphatic carbocycles. The Morgan fingerprint density at radius 1 is 0.278 bits per heavy atom. The molecular weight excluding hydrogens is 980 g/mol. The van der Waals surface area contributed by atoms with E-state index in [1.54, 1.807) is 6.07 Å². The zero-order chi connectivity index (χ0) is 52.8. The van der Waals surface area contributed by atoms with Gasteiger partial charge in [-0.3, -0.25) is 0 Å². The van der Waals surface area contributed by atoms with E-state index in [0.29, 0.717) is 27.8 Å². The fourth-order valence-corrected chi connectivity index (χ4v) is 12.0. The number of hydrogen-bond acceptors (Lipinski definition) is 2. The lowest BCUT2D eigenvalue weighted by Gasteiger charge is -2.24. The zero-order valence-corrected chi connectivity index (χ0v) is 42.3. The molecule has 4 aromatic heterocycles. The first-order valence-corrected chi connectivity index (χ1v) is 26.3. The molecule has 15 rings (SSSR count). The number of aromatic nitrogens is 5. The minimum Gasteiger partial charge on any atom is -0.309 e. The first kappa shape index (κ1) is 46.0. The highest BCUT2D eigenvalue weighted by molar-refractivity contribution is 6.14. The topological polar surface area (TPSA) is 40.6 Å². The van der Waals surface area contributed by atoms with Crippen LogP contribution in [0.25, 0.3) is 139 Å². The van der Waals surface area contributed by atoms with Crippen LogP contribution in [-0.2, 0) is 6.18 Å². The Hall–Kier alpha value is -10.3. The minimum absolute atomic E-state index is 0.494. The summed E-state index contributed by atoms with van der Waals surface area (Å²) in [5.74, 6) is 0.573. The molecule has 0 fully saturated rings. The molecule has 79 heavy (non-hydrogen) atoms. The molecule has 374 valence electrons. The van der Waals surface area contributed by atoms with Crippen LogP contribution in [0.1, 0.15) is 5.56 Å². The van der Waals surface area contributed by atoms with Gasteiger partial charge in [0.2, 0.25) is 0 Å². The van der Waals surface area contributed by atoms with Crippen LogP contribution >= 0.6 is 0 Å². The van der Waals surface area contributed by atoms with Crippen LogP contribution in [0.3, 0.4) is 0 Å². The summed E-state index contributed by atoms with van der Waals surface area (Å²) < 4.78 is 51.5. The number of benzene rings is 11. The van der Waals surface area contributed by atoms with Gasteiger partial charge in [-0.1, -0.05) is 188 Å². The number of rotatable bonds is 8. The summed E-state index contributed by atoms with van der Waals surface area (Å²) in [5.41, 5.74) is 15.1. The average molecular weight is 1020 g/mol. The molecule has 8 heteroatoms. The molecule has 0 radical (unpaired) electrons. The van der Waals surface area contributed by atoms with E-state index in [1.807, 2.05) is 72.8 Å². The first-order valence-electron chi connectivity index (χ1n) is 26.3. The summed E-state index contributed by atoms with van der Waals surface area (Å²) in [6, 6.07) is 89.7. The average Bonchev–Trinajstić information content (AvgIpc) is 4.29. The van der Waals surface area contributed by atoms with Crippen LogP contribution in [0.15, 0.2) is 267 Å². The van der Waals surface area contributed by atoms with Crippen molar-refractivity contribution in [1.82, 2.24) is 23.7 Å². The maximum atomic E-state index is 14.9. The van der Waals surface area contributed by atoms with Gasteiger partial charge >= 0.3 is 6.18 Å². The summed E-state index contributed by atoms with van der Waals surface area (Å²) in [7, 11) is 0. The Balaban J connectivity index is 1.14. The van der Waals surface area contributed by atoms with E-state index in [0.717, 1.165) is 111 Å². The van der Waals surface area contributed by atoms with E-state index in [2.05, 4.69) is 190 Å². The number of fused-ring (bicyclic) bond motifs is 9. The minimum atomic E-state index is -4.56. The zero-order valence-electron chi connectivity index (χ0n) is 42.3. The van der Waals surface area contributed by atoms with Gasteiger partial charge < -0.3 is 13.7 Å². The number of nitrogens with zero attached hydrogens (tertiary/aromatic N) is 5. The van der Waals surface area contributed by atoms with Gasteiger partial charge in [-0.05, 0) is 78.9 Å². The molecule has 15 aromatic rings. The summed E-state index contributed by atoms with van der Waals surface area (Å²) in [6.07, 6.45) is -4.56. The predicted octanol–water partition coefficient (Wildman–Crippen LogP) is 19.1. The predicted molar refractivity (Wildman–Crippen MR) is 317 cm³/mol. The van der Waals surface area contributed by atoms with Gasteiger partial charge in [0.1, 0.15) is 0 Å². The molecule has 0 amide bonds. The van der Waals surface area contributed by atoms with E-state index < -0.39 is 11.7 Å². The lowest BCUT2D eigenvalue weighted by Crippen LogP contribution is -2.07. The lowest BCUT2D eigenvalue weighted by molar-refractivity contribution is -0.137. The second kappa shape index (κ2) is 18.2. The van der Waals surface area contributed by atoms with Crippen LogP contribution in [-0.4, -0.2) is 23.7 Å². The summed E-state index contributed by atoms with van der Waals surface area (Å²) in [4.78, 5) is 10.7. The molecule has 0 spiro atoms. The van der Waals surface area contributed by atoms with Crippen molar-refractivity contribution in [2.24, 2.45) is 0 Å². The van der Waals surface area contributed by atoms with Gasteiger partial charge in [-0.2, -0.15) is 13.2 Å². The van der Waals surface area contributed by atoms with Crippen LogP contribution < -0.4 is 0 Å². The Morgan fingerprint density at radius 3 is 1.11 bits per heavy atom. The SMILES string of the molecule is FC(F)(F)c1ccc2c(c1)c1ccccc1n2-c1c(-c2ccccc2-n2c3ccccc3c3ccccc32)cc(-c2cc(-c3ccccc3)nc(-c3ccccc3)n2)cc1-c1ccccc1-n1c2ccccc2c2ccccc21. The normalized spacial score (nSPS) is 12.0. The van der Waals surface area contributed by atoms with Crippen LogP contribution in [0.5, 0.6) is 0 Å². The van der Waals surface area contributed by atoms with Crippen molar-refractivity contribution in [3.63, 3.8) is 0 Å². The van der Waals surface area contributed by atoms with E-state index in [4.69, 9.17) is 9.97 Å². The molecule has 4 heterocycles. The molecule has 0 saturated heterocycles. The van der Waals surface area contributed by atoms with Gasteiger partial charge in [-0.15, -0.1) is 0 Å². The van der Waals surface area contributed by atoms with Gasteiger partial charge in [0.15, 0.2) is 5.82 Å². The molecule has 0 unspecified atom stereocenters. The van der Waals surface area contributed by atoms with Crippen molar-refractivity contribution in [3.05, 3.63) is 272 Å². The summed E-state index contributed by atoms with van der Waals surface area (Å²) in [5, 5.41) is 5.67. The largest absolute Gasteiger partial charge is 0.416 e. The number of halogens is 3. The molecule has 5 nitrogen and oxygen atoms in total. The highest BCUT2D eigenvalue weighted by atomic mass is 19.4. The standard InChI is InChI=1S/C71H44F3N5/c72-71(73,74)48-39-40-68-56(43-48)53-29-11-20-38-67(53)79(68)69-57(54-30-12-18-36-65(54)77-61-32-14-7-25-49(61)50-26-8-15-33-62(50)77)41-47(60-44-59(45-21-3-1-4-22-45)75-70(76-60)46-23-5-2-6-24-46)42-58(69)55-31-13-19-37-66(55)78-63-34-16-9-27-51(63)52-28-10-17-35-64(52)78/h1-44H. The fraction of sp³-hybridized carbons (Fsp3) is 0.0141. The molecule has 0 N–H and O–H groups in total. The van der Waals surface area contributed by atoms with Gasteiger partial charge in [0, 0.05) is 71.3 Å². The van der Waals surface area contributed by atoms with E-state index in [9.17, 15) is 13.2 Å². The molecule has 0 aliphatic heterocycles. The third kappa shape index (κ3) is 7.47.